The van der Waals surface area contributed by atoms with Crippen LogP contribution in [0, 0.1) is 10.1 Å². The lowest BCUT2D eigenvalue weighted by Gasteiger charge is -2.28. The topological polar surface area (TPSA) is 159 Å². The number of fused-ring (bicyclic) bond motifs is 3. The second kappa shape index (κ2) is 14.4. The van der Waals surface area contributed by atoms with E-state index in [0.29, 0.717) is 63.4 Å². The summed E-state index contributed by atoms with van der Waals surface area (Å²) in [6.45, 7) is 5.18. The Kier molecular flexibility index (Phi) is 10.4. The Morgan fingerprint density at radius 3 is 2.52 bits per heavy atom. The van der Waals surface area contributed by atoms with Gasteiger partial charge in [0, 0.05) is 57.7 Å². The number of morpholine rings is 1. The molecule has 0 aliphatic carbocycles. The number of nitrogens with two attached hydrogens (primary N) is 1. The molecule has 1 aliphatic rings. The highest BCUT2D eigenvalue weighted by Crippen LogP contribution is 2.30. The predicted molar refractivity (Wildman–Crippen MR) is 168 cm³/mol. The van der Waals surface area contributed by atoms with Gasteiger partial charge in [-0.3, -0.25) is 15.0 Å². The van der Waals surface area contributed by atoms with Crippen molar-refractivity contribution < 1.29 is 22.8 Å². The van der Waals surface area contributed by atoms with Crippen LogP contribution < -0.4 is 5.73 Å². The maximum atomic E-state index is 13.8. The molecule has 2 aromatic heterocycles. The van der Waals surface area contributed by atoms with Gasteiger partial charge in [-0.2, -0.15) is 4.31 Å². The standard InChI is InChI=1S/C30H39N7O6S/c1-42-20-13-27-33-28-29(23-9-2-3-10-24(23)32-30(28)31)36(27)17-7-6-15-35(16-8-14-34-18-21-43-22-19-34)44(40,41)26-12-5-4-11-25(26)37(38)39/h2-5,9-12H,6-8,13-22H2,1H3,(H2,31,32). The van der Waals surface area contributed by atoms with E-state index in [1.807, 2.05) is 24.3 Å². The molecule has 4 aromatic rings. The van der Waals surface area contributed by atoms with Crippen LogP contribution in [0.5, 0.6) is 0 Å². The third kappa shape index (κ3) is 7.00. The van der Waals surface area contributed by atoms with Crippen molar-refractivity contribution in [2.45, 2.75) is 37.1 Å². The van der Waals surface area contributed by atoms with Gasteiger partial charge < -0.3 is 19.8 Å². The van der Waals surface area contributed by atoms with Gasteiger partial charge in [-0.15, -0.1) is 0 Å². The van der Waals surface area contributed by atoms with Crippen LogP contribution in [0.4, 0.5) is 11.5 Å². The van der Waals surface area contributed by atoms with Gasteiger partial charge in [-0.05, 0) is 37.9 Å². The summed E-state index contributed by atoms with van der Waals surface area (Å²) in [7, 11) is -2.47. The molecule has 0 radical (unpaired) electrons. The number of anilines is 1. The van der Waals surface area contributed by atoms with Gasteiger partial charge in [0.05, 0.1) is 35.8 Å². The van der Waals surface area contributed by atoms with Crippen molar-refractivity contribution in [3.63, 3.8) is 0 Å². The van der Waals surface area contributed by atoms with Gasteiger partial charge in [-0.1, -0.05) is 30.3 Å². The number of nitro benzene ring substituents is 1. The van der Waals surface area contributed by atoms with E-state index in [0.717, 1.165) is 41.9 Å². The molecule has 1 fully saturated rings. The van der Waals surface area contributed by atoms with Crippen LogP contribution in [0.1, 0.15) is 25.1 Å². The molecule has 44 heavy (non-hydrogen) atoms. The minimum Gasteiger partial charge on any atom is -0.384 e. The van der Waals surface area contributed by atoms with Gasteiger partial charge in [-0.25, -0.2) is 18.4 Å². The lowest BCUT2D eigenvalue weighted by molar-refractivity contribution is -0.387. The highest BCUT2D eigenvalue weighted by molar-refractivity contribution is 7.89. The number of nitrogens with zero attached hydrogens (tertiary/aromatic N) is 6. The molecule has 0 amide bonds. The van der Waals surface area contributed by atoms with Gasteiger partial charge in [0.15, 0.2) is 10.7 Å². The fraction of sp³-hybridized carbons (Fsp3) is 0.467. The SMILES string of the molecule is COCCc1nc2c(N)nc3ccccc3c2n1CCCCN(CCCN1CCOCC1)S(=O)(=O)c1ccccc1[N+](=O)[O-]. The monoisotopic (exact) mass is 625 g/mol. The zero-order valence-corrected chi connectivity index (χ0v) is 25.7. The third-order valence-corrected chi connectivity index (χ3v) is 9.87. The third-order valence-electron chi connectivity index (χ3n) is 7.92. The number of pyridine rings is 1. The first-order chi connectivity index (χ1) is 21.3. The van der Waals surface area contributed by atoms with E-state index in [9.17, 15) is 18.5 Å². The Balaban J connectivity index is 1.36. The van der Waals surface area contributed by atoms with E-state index in [-0.39, 0.29) is 18.0 Å². The van der Waals surface area contributed by atoms with Crippen LogP contribution in [0.25, 0.3) is 21.9 Å². The molecule has 13 nitrogen and oxygen atoms in total. The van der Waals surface area contributed by atoms with Crippen LogP contribution in [-0.2, 0) is 32.5 Å². The quantitative estimate of drug-likeness (QED) is 0.118. The molecule has 1 aliphatic heterocycles. The summed E-state index contributed by atoms with van der Waals surface area (Å²) >= 11 is 0. The van der Waals surface area contributed by atoms with Gasteiger partial charge in [0.1, 0.15) is 11.3 Å². The number of aryl methyl sites for hydroxylation is 1. The molecule has 14 heteroatoms. The van der Waals surface area contributed by atoms with E-state index >= 15 is 0 Å². The van der Waals surface area contributed by atoms with Crippen molar-refractivity contribution in [2.75, 3.05) is 65.4 Å². The first-order valence-corrected chi connectivity index (χ1v) is 16.3. The minimum atomic E-state index is -4.12. The number of hydrogen-bond acceptors (Lipinski definition) is 10. The number of rotatable bonds is 15. The number of para-hydroxylation sites is 2. The summed E-state index contributed by atoms with van der Waals surface area (Å²) in [6, 6.07) is 13.3. The van der Waals surface area contributed by atoms with Gasteiger partial charge in [0.2, 0.25) is 10.0 Å². The molecular formula is C30H39N7O6S. The van der Waals surface area contributed by atoms with Crippen molar-refractivity contribution in [1.29, 1.82) is 0 Å². The Labute approximate surface area is 256 Å². The number of nitrogen functional groups attached to an aromatic ring is 1. The lowest BCUT2D eigenvalue weighted by atomic mass is 10.2. The number of imidazole rings is 1. The van der Waals surface area contributed by atoms with Crippen molar-refractivity contribution in [2.24, 2.45) is 0 Å². The van der Waals surface area contributed by atoms with Crippen molar-refractivity contribution in [1.82, 2.24) is 23.7 Å². The molecule has 236 valence electrons. The van der Waals surface area contributed by atoms with Crippen LogP contribution in [-0.4, -0.2) is 96.7 Å². The van der Waals surface area contributed by atoms with Crippen LogP contribution in [0.2, 0.25) is 0 Å². The zero-order chi connectivity index (χ0) is 31.1. The molecule has 0 unspecified atom stereocenters. The van der Waals surface area contributed by atoms with E-state index in [1.54, 1.807) is 7.11 Å². The van der Waals surface area contributed by atoms with Crippen LogP contribution in [0.15, 0.2) is 53.4 Å². The summed E-state index contributed by atoms with van der Waals surface area (Å²) in [5.74, 6) is 1.18. The van der Waals surface area contributed by atoms with E-state index in [4.69, 9.17) is 20.2 Å². The number of methoxy groups -OCH3 is 1. The van der Waals surface area contributed by atoms with Crippen molar-refractivity contribution in [3.8, 4) is 0 Å². The summed E-state index contributed by atoms with van der Waals surface area (Å²) in [5, 5.41) is 12.6. The molecule has 0 spiro atoms. The Morgan fingerprint density at radius 2 is 1.75 bits per heavy atom. The second-order valence-electron chi connectivity index (χ2n) is 10.8. The maximum absolute atomic E-state index is 13.8. The van der Waals surface area contributed by atoms with Crippen molar-refractivity contribution in [3.05, 3.63) is 64.5 Å². The number of aromatic nitrogens is 3. The van der Waals surface area contributed by atoms with E-state index < -0.39 is 20.6 Å². The van der Waals surface area contributed by atoms with Crippen LogP contribution >= 0.6 is 0 Å². The molecular weight excluding hydrogens is 586 g/mol. The number of unbranched alkanes of at least 4 members (excludes halogenated alkanes) is 1. The zero-order valence-electron chi connectivity index (χ0n) is 24.9. The lowest BCUT2D eigenvalue weighted by Crippen LogP contribution is -2.39. The largest absolute Gasteiger partial charge is 0.384 e. The van der Waals surface area contributed by atoms with Gasteiger partial charge in [0.25, 0.3) is 5.69 Å². The summed E-state index contributed by atoms with van der Waals surface area (Å²) in [4.78, 5) is 22.4. The molecule has 0 bridgehead atoms. The number of sulfonamides is 1. The average Bonchev–Trinajstić information content (AvgIpc) is 3.40. The Bertz CT molecular complexity index is 1710. The highest BCUT2D eigenvalue weighted by Gasteiger charge is 2.31. The summed E-state index contributed by atoms with van der Waals surface area (Å²) in [6.07, 6.45) is 2.37. The fourth-order valence-electron chi connectivity index (χ4n) is 5.70. The molecule has 2 N–H and O–H groups in total. The number of hydrogen-bond donors (Lipinski definition) is 1. The van der Waals surface area contributed by atoms with E-state index in [1.165, 1.54) is 28.6 Å². The van der Waals surface area contributed by atoms with Gasteiger partial charge >= 0.3 is 0 Å². The maximum Gasteiger partial charge on any atom is 0.289 e. The molecule has 5 rings (SSSR count). The number of benzene rings is 2. The molecule has 2 aromatic carbocycles. The average molecular weight is 626 g/mol. The molecule has 0 saturated carbocycles. The van der Waals surface area contributed by atoms with Crippen molar-refractivity contribution >= 4 is 43.5 Å². The first-order valence-electron chi connectivity index (χ1n) is 14.9. The summed E-state index contributed by atoms with van der Waals surface area (Å²) in [5.41, 5.74) is 8.21. The van der Waals surface area contributed by atoms with Crippen LogP contribution in [0.3, 0.4) is 0 Å². The molecule has 3 heterocycles. The Morgan fingerprint density at radius 1 is 1.02 bits per heavy atom. The summed E-state index contributed by atoms with van der Waals surface area (Å²) < 4.78 is 41.9. The first kappa shape index (κ1) is 31.7. The number of ether oxygens (including phenoxy) is 2. The second-order valence-corrected chi connectivity index (χ2v) is 12.7. The number of nitro groups is 1. The normalized spacial score (nSPS) is 14.6. The predicted octanol–water partition coefficient (Wildman–Crippen LogP) is 3.46. The highest BCUT2D eigenvalue weighted by atomic mass is 32.2. The Hall–Kier alpha value is -3.69. The smallest absolute Gasteiger partial charge is 0.289 e. The fourth-order valence-corrected chi connectivity index (χ4v) is 7.38. The van der Waals surface area contributed by atoms with E-state index in [2.05, 4.69) is 14.5 Å². The molecule has 0 atom stereocenters. The minimum absolute atomic E-state index is 0.224. The molecule has 1 saturated heterocycles.